The van der Waals surface area contributed by atoms with Crippen molar-refractivity contribution < 1.29 is 19.1 Å². The molecular weight excluding hydrogens is 382 g/mol. The summed E-state index contributed by atoms with van der Waals surface area (Å²) in [4.78, 5) is 39.7. The monoisotopic (exact) mass is 409 g/mol. The van der Waals surface area contributed by atoms with E-state index in [0.717, 1.165) is 16.7 Å². The van der Waals surface area contributed by atoms with Gasteiger partial charge in [-0.2, -0.15) is 0 Å². The summed E-state index contributed by atoms with van der Waals surface area (Å²) in [5.74, 6) is -0.928. The van der Waals surface area contributed by atoms with Gasteiger partial charge in [-0.05, 0) is 16.7 Å². The number of likely N-dealkylation sites (N-methyl/N-ethyl adjacent to an activating group) is 1. The van der Waals surface area contributed by atoms with E-state index in [2.05, 4.69) is 46.5 Å². The van der Waals surface area contributed by atoms with E-state index in [-0.39, 0.29) is 24.8 Å². The molecule has 0 radical (unpaired) electrons. The molecule has 0 unspecified atom stereocenters. The van der Waals surface area contributed by atoms with Crippen molar-refractivity contribution in [1.29, 1.82) is 0 Å². The van der Waals surface area contributed by atoms with Gasteiger partial charge in [-0.25, -0.2) is 0 Å². The van der Waals surface area contributed by atoms with E-state index in [1.54, 1.807) is 0 Å². The lowest BCUT2D eigenvalue weighted by molar-refractivity contribution is -0.147. The van der Waals surface area contributed by atoms with Crippen LogP contribution in [-0.2, 0) is 25.7 Å². The van der Waals surface area contributed by atoms with Gasteiger partial charge in [-0.1, -0.05) is 54.6 Å². The molecule has 2 aromatic rings. The number of rotatable bonds is 7. The molecule has 7 heteroatoms. The van der Waals surface area contributed by atoms with Crippen LogP contribution in [0, 0.1) is 0 Å². The Morgan fingerprint density at radius 2 is 1.77 bits per heavy atom. The maximum Gasteiger partial charge on any atom is 0.325 e. The average molecular weight is 409 g/mol. The quantitative estimate of drug-likeness (QED) is 0.704. The van der Waals surface area contributed by atoms with Crippen LogP contribution in [0.2, 0.25) is 0 Å². The highest BCUT2D eigenvalue weighted by molar-refractivity contribution is 5.90. The molecule has 1 heterocycles. The van der Waals surface area contributed by atoms with Crippen LogP contribution in [0.15, 0.2) is 54.6 Å². The third-order valence-corrected chi connectivity index (χ3v) is 5.28. The van der Waals surface area contributed by atoms with Gasteiger partial charge in [0.1, 0.15) is 6.54 Å². The third-order valence-electron chi connectivity index (χ3n) is 5.28. The fraction of sp³-hybridized carbons (Fsp3) is 0.348. The van der Waals surface area contributed by atoms with Crippen LogP contribution in [0.25, 0.3) is 11.1 Å². The first-order valence-corrected chi connectivity index (χ1v) is 9.95. The molecule has 30 heavy (non-hydrogen) atoms. The molecule has 1 aliphatic heterocycles. The number of amides is 2. The van der Waals surface area contributed by atoms with Crippen LogP contribution in [0.3, 0.4) is 0 Å². The number of hydrogen-bond acceptors (Lipinski definition) is 5. The molecule has 1 N–H and O–H groups in total. The van der Waals surface area contributed by atoms with Crippen molar-refractivity contribution in [3.63, 3.8) is 0 Å². The summed E-state index contributed by atoms with van der Waals surface area (Å²) in [6.07, 6.45) is 0.0153. The maximum atomic E-state index is 12.5. The Labute approximate surface area is 176 Å². The van der Waals surface area contributed by atoms with Gasteiger partial charge in [0.15, 0.2) is 0 Å². The minimum Gasteiger partial charge on any atom is -0.468 e. The second-order valence-corrected chi connectivity index (χ2v) is 7.37. The largest absolute Gasteiger partial charge is 0.468 e. The summed E-state index contributed by atoms with van der Waals surface area (Å²) in [7, 11) is 2.81. The van der Waals surface area contributed by atoms with Gasteiger partial charge < -0.3 is 15.0 Å². The SMILES string of the molecule is COC(=O)CN(C)C(=O)C[C@@H]1C(=O)NCCN1Cc1ccc(-c2ccccc2)cc1. The minimum atomic E-state index is -0.569. The van der Waals surface area contributed by atoms with Crippen molar-refractivity contribution in [2.45, 2.75) is 19.0 Å². The summed E-state index contributed by atoms with van der Waals surface area (Å²) < 4.78 is 4.60. The maximum absolute atomic E-state index is 12.5. The number of ether oxygens (including phenoxy) is 1. The Kier molecular flexibility index (Phi) is 7.19. The Hall–Kier alpha value is -3.19. The van der Waals surface area contributed by atoms with Crippen LogP contribution < -0.4 is 5.32 Å². The lowest BCUT2D eigenvalue weighted by atomic mass is 10.0. The van der Waals surface area contributed by atoms with Gasteiger partial charge in [-0.3, -0.25) is 19.3 Å². The molecule has 2 amide bonds. The van der Waals surface area contributed by atoms with Crippen LogP contribution in [0.1, 0.15) is 12.0 Å². The van der Waals surface area contributed by atoms with E-state index in [9.17, 15) is 14.4 Å². The Balaban J connectivity index is 1.66. The van der Waals surface area contributed by atoms with E-state index in [4.69, 9.17) is 0 Å². The topological polar surface area (TPSA) is 78.9 Å². The second kappa shape index (κ2) is 10.0. The third kappa shape index (κ3) is 5.45. The lowest BCUT2D eigenvalue weighted by Crippen LogP contribution is -2.56. The van der Waals surface area contributed by atoms with Gasteiger partial charge >= 0.3 is 5.97 Å². The Bertz CT molecular complexity index is 883. The average Bonchev–Trinajstić information content (AvgIpc) is 2.77. The molecule has 1 fully saturated rings. The van der Waals surface area contributed by atoms with Crippen LogP contribution >= 0.6 is 0 Å². The summed E-state index contributed by atoms with van der Waals surface area (Å²) in [6, 6.07) is 17.8. The first-order valence-electron chi connectivity index (χ1n) is 9.95. The van der Waals surface area contributed by atoms with Crippen molar-refractivity contribution in [2.75, 3.05) is 33.8 Å². The van der Waals surface area contributed by atoms with Crippen molar-refractivity contribution in [3.05, 3.63) is 60.2 Å². The predicted molar refractivity (Wildman–Crippen MR) is 113 cm³/mol. The van der Waals surface area contributed by atoms with Crippen LogP contribution in [0.5, 0.6) is 0 Å². The van der Waals surface area contributed by atoms with E-state index in [1.807, 2.05) is 23.1 Å². The normalized spacial score (nSPS) is 16.6. The first kappa shape index (κ1) is 21.5. The van der Waals surface area contributed by atoms with Gasteiger partial charge in [-0.15, -0.1) is 0 Å². The summed E-state index contributed by atoms with van der Waals surface area (Å²) in [5, 5.41) is 2.83. The molecule has 1 aliphatic rings. The molecule has 0 spiro atoms. The van der Waals surface area contributed by atoms with Crippen molar-refractivity contribution in [2.24, 2.45) is 0 Å². The zero-order valence-electron chi connectivity index (χ0n) is 17.3. The van der Waals surface area contributed by atoms with E-state index in [0.29, 0.717) is 19.6 Å². The molecule has 1 atom stereocenters. The molecule has 158 valence electrons. The molecule has 0 aliphatic carbocycles. The van der Waals surface area contributed by atoms with Crippen LogP contribution in [0.4, 0.5) is 0 Å². The van der Waals surface area contributed by atoms with Crippen molar-refractivity contribution >= 4 is 17.8 Å². The predicted octanol–water partition coefficient (Wildman–Crippen LogP) is 1.68. The fourth-order valence-electron chi connectivity index (χ4n) is 3.51. The highest BCUT2D eigenvalue weighted by Crippen LogP contribution is 2.21. The van der Waals surface area contributed by atoms with Crippen molar-refractivity contribution in [1.82, 2.24) is 15.1 Å². The molecular formula is C23H27N3O4. The molecule has 2 aromatic carbocycles. The van der Waals surface area contributed by atoms with E-state index < -0.39 is 12.0 Å². The number of hydrogen-bond donors (Lipinski definition) is 1. The summed E-state index contributed by atoms with van der Waals surface area (Å²) in [6.45, 7) is 1.64. The van der Waals surface area contributed by atoms with E-state index >= 15 is 0 Å². The molecule has 1 saturated heterocycles. The van der Waals surface area contributed by atoms with Gasteiger partial charge in [0.2, 0.25) is 11.8 Å². The number of methoxy groups -OCH3 is 1. The van der Waals surface area contributed by atoms with Gasteiger partial charge in [0.05, 0.1) is 19.6 Å². The zero-order chi connectivity index (χ0) is 21.5. The highest BCUT2D eigenvalue weighted by Gasteiger charge is 2.32. The minimum absolute atomic E-state index is 0.0153. The molecule has 7 nitrogen and oxygen atoms in total. The molecule has 3 rings (SSSR count). The van der Waals surface area contributed by atoms with Crippen LogP contribution in [-0.4, -0.2) is 67.4 Å². The molecule has 0 bridgehead atoms. The number of esters is 1. The number of benzene rings is 2. The lowest BCUT2D eigenvalue weighted by Gasteiger charge is -2.35. The molecule has 0 aromatic heterocycles. The zero-order valence-corrected chi connectivity index (χ0v) is 17.3. The number of piperazine rings is 1. The van der Waals surface area contributed by atoms with Gasteiger partial charge in [0, 0.05) is 26.7 Å². The number of nitrogens with zero attached hydrogens (tertiary/aromatic N) is 2. The first-order chi connectivity index (χ1) is 14.5. The molecule has 0 saturated carbocycles. The van der Waals surface area contributed by atoms with E-state index in [1.165, 1.54) is 19.1 Å². The number of carbonyl (C=O) groups is 3. The summed E-state index contributed by atoms with van der Waals surface area (Å²) >= 11 is 0. The Morgan fingerprint density at radius 3 is 2.43 bits per heavy atom. The van der Waals surface area contributed by atoms with Gasteiger partial charge in [0.25, 0.3) is 0 Å². The smallest absolute Gasteiger partial charge is 0.325 e. The second-order valence-electron chi connectivity index (χ2n) is 7.37. The highest BCUT2D eigenvalue weighted by atomic mass is 16.5. The fourth-order valence-corrected chi connectivity index (χ4v) is 3.51. The Morgan fingerprint density at radius 1 is 1.10 bits per heavy atom. The number of nitrogens with one attached hydrogen (secondary N) is 1. The summed E-state index contributed by atoms with van der Waals surface area (Å²) in [5.41, 5.74) is 3.36. The van der Waals surface area contributed by atoms with Crippen molar-refractivity contribution in [3.8, 4) is 11.1 Å². The number of carbonyl (C=O) groups excluding carboxylic acids is 3. The standard InChI is InChI=1S/C23H27N3O4/c1-25(16-22(28)30-2)21(27)14-20-23(29)24-12-13-26(20)15-17-8-10-19(11-9-17)18-6-4-3-5-7-18/h3-11,20H,12-16H2,1-2H3,(H,24,29)/t20-/m1/s1.